The highest BCUT2D eigenvalue weighted by molar-refractivity contribution is 6.31. The second-order valence-electron chi connectivity index (χ2n) is 5.35. The molecule has 1 aliphatic rings. The normalized spacial score (nSPS) is 16.5. The van der Waals surface area contributed by atoms with Crippen LogP contribution >= 0.6 is 23.2 Å². The lowest BCUT2D eigenvalue weighted by molar-refractivity contribution is 0.330. The number of hydrogen-bond acceptors (Lipinski definition) is 1. The summed E-state index contributed by atoms with van der Waals surface area (Å²) in [5.74, 6) is 0.399. The van der Waals surface area contributed by atoms with Crippen molar-refractivity contribution in [3.05, 3.63) is 41.0 Å². The highest BCUT2D eigenvalue weighted by atomic mass is 35.5. The Bertz CT molecular complexity index is 572. The maximum absolute atomic E-state index is 6.53. The standard InChI is InChI=1S/C16H18Cl2N2/c17-11-14-15(12-7-3-1-4-8-12)19-20(16(14)18)13-9-5-2-6-10-13/h1,3-4,7-8,13H,2,5-6,9-11H2. The number of halogens is 2. The van der Waals surface area contributed by atoms with Gasteiger partial charge >= 0.3 is 0 Å². The molecule has 0 atom stereocenters. The average molecular weight is 309 g/mol. The van der Waals surface area contributed by atoms with Crippen LogP contribution < -0.4 is 0 Å². The van der Waals surface area contributed by atoms with Crippen LogP contribution in [0.4, 0.5) is 0 Å². The maximum Gasteiger partial charge on any atom is 0.132 e. The van der Waals surface area contributed by atoms with E-state index >= 15 is 0 Å². The third kappa shape index (κ3) is 2.59. The third-order valence-corrected chi connectivity index (χ3v) is 4.71. The summed E-state index contributed by atoms with van der Waals surface area (Å²) < 4.78 is 2.00. The number of nitrogens with zero attached hydrogens (tertiary/aromatic N) is 2. The number of benzene rings is 1. The minimum absolute atomic E-state index is 0.399. The molecule has 0 aliphatic heterocycles. The summed E-state index contributed by atoms with van der Waals surface area (Å²) in [6.07, 6.45) is 6.17. The fourth-order valence-electron chi connectivity index (χ4n) is 2.96. The van der Waals surface area contributed by atoms with Crippen molar-refractivity contribution in [1.29, 1.82) is 0 Å². The Morgan fingerprint density at radius 3 is 2.45 bits per heavy atom. The summed E-state index contributed by atoms with van der Waals surface area (Å²) in [6, 6.07) is 10.6. The van der Waals surface area contributed by atoms with Gasteiger partial charge in [0.15, 0.2) is 0 Å². The molecule has 1 aliphatic carbocycles. The lowest BCUT2D eigenvalue weighted by atomic mass is 9.96. The van der Waals surface area contributed by atoms with E-state index in [1.807, 2.05) is 22.9 Å². The Morgan fingerprint density at radius 2 is 1.80 bits per heavy atom. The first-order valence-corrected chi connectivity index (χ1v) is 8.10. The number of aromatic nitrogens is 2. The smallest absolute Gasteiger partial charge is 0.132 e. The van der Waals surface area contributed by atoms with Crippen LogP contribution in [-0.2, 0) is 5.88 Å². The molecule has 4 heteroatoms. The largest absolute Gasteiger partial charge is 0.250 e. The molecule has 1 fully saturated rings. The van der Waals surface area contributed by atoms with Gasteiger partial charge in [-0.1, -0.05) is 61.2 Å². The van der Waals surface area contributed by atoms with Crippen LogP contribution in [0.15, 0.2) is 30.3 Å². The Labute approximate surface area is 129 Å². The van der Waals surface area contributed by atoms with Gasteiger partial charge in [0, 0.05) is 11.1 Å². The molecule has 2 aromatic rings. The van der Waals surface area contributed by atoms with E-state index in [1.165, 1.54) is 19.3 Å². The van der Waals surface area contributed by atoms with Gasteiger partial charge in [0.05, 0.1) is 17.6 Å². The molecule has 2 nitrogen and oxygen atoms in total. The van der Waals surface area contributed by atoms with Crippen LogP contribution in [0, 0.1) is 0 Å². The first-order chi connectivity index (χ1) is 9.81. The summed E-state index contributed by atoms with van der Waals surface area (Å²) in [7, 11) is 0. The van der Waals surface area contributed by atoms with Gasteiger partial charge in [-0.05, 0) is 12.8 Å². The average Bonchev–Trinajstić information content (AvgIpc) is 2.86. The second kappa shape index (κ2) is 6.19. The molecule has 0 radical (unpaired) electrons. The van der Waals surface area contributed by atoms with Crippen molar-refractivity contribution < 1.29 is 0 Å². The molecule has 1 heterocycles. The fraction of sp³-hybridized carbons (Fsp3) is 0.438. The zero-order chi connectivity index (χ0) is 13.9. The molecule has 0 bridgehead atoms. The Hall–Kier alpha value is -0.990. The van der Waals surface area contributed by atoms with Gasteiger partial charge in [0.25, 0.3) is 0 Å². The molecule has 3 rings (SSSR count). The van der Waals surface area contributed by atoms with Crippen LogP contribution in [0.1, 0.15) is 43.7 Å². The molecule has 1 saturated carbocycles. The first-order valence-electron chi connectivity index (χ1n) is 7.19. The minimum atomic E-state index is 0.399. The van der Waals surface area contributed by atoms with E-state index in [0.717, 1.165) is 29.7 Å². The predicted molar refractivity (Wildman–Crippen MR) is 84.4 cm³/mol. The summed E-state index contributed by atoms with van der Waals surface area (Å²) in [6.45, 7) is 0. The number of rotatable bonds is 3. The van der Waals surface area contributed by atoms with Crippen LogP contribution in [-0.4, -0.2) is 9.78 Å². The Balaban J connectivity index is 2.03. The summed E-state index contributed by atoms with van der Waals surface area (Å²) in [5, 5.41) is 5.49. The van der Waals surface area contributed by atoms with E-state index in [-0.39, 0.29) is 0 Å². The van der Waals surface area contributed by atoms with Crippen molar-refractivity contribution in [2.45, 2.75) is 44.0 Å². The molecule has 1 aromatic heterocycles. The predicted octanol–water partition coefficient (Wildman–Crippen LogP) is 5.45. The van der Waals surface area contributed by atoms with E-state index in [2.05, 4.69) is 12.1 Å². The van der Waals surface area contributed by atoms with Gasteiger partial charge in [-0.25, -0.2) is 0 Å². The monoisotopic (exact) mass is 308 g/mol. The zero-order valence-corrected chi connectivity index (χ0v) is 12.9. The van der Waals surface area contributed by atoms with E-state index < -0.39 is 0 Å². The lowest BCUT2D eigenvalue weighted by Gasteiger charge is -2.22. The third-order valence-electron chi connectivity index (χ3n) is 4.05. The van der Waals surface area contributed by atoms with Crippen molar-refractivity contribution in [3.63, 3.8) is 0 Å². The minimum Gasteiger partial charge on any atom is -0.250 e. The lowest BCUT2D eigenvalue weighted by Crippen LogP contribution is -2.14. The summed E-state index contributed by atoms with van der Waals surface area (Å²) in [5.41, 5.74) is 2.96. The van der Waals surface area contributed by atoms with Gasteiger partial charge in [0.1, 0.15) is 5.15 Å². The highest BCUT2D eigenvalue weighted by Crippen LogP contribution is 2.36. The molecule has 0 unspecified atom stereocenters. The summed E-state index contributed by atoms with van der Waals surface area (Å²) >= 11 is 12.6. The van der Waals surface area contributed by atoms with E-state index in [4.69, 9.17) is 28.3 Å². The van der Waals surface area contributed by atoms with Crippen molar-refractivity contribution in [3.8, 4) is 11.3 Å². The molecule has 0 amide bonds. The molecular weight excluding hydrogens is 291 g/mol. The highest BCUT2D eigenvalue weighted by Gasteiger charge is 2.23. The number of hydrogen-bond donors (Lipinski definition) is 0. The Morgan fingerprint density at radius 1 is 1.10 bits per heavy atom. The molecule has 0 spiro atoms. The van der Waals surface area contributed by atoms with Crippen LogP contribution in [0.5, 0.6) is 0 Å². The van der Waals surface area contributed by atoms with Crippen LogP contribution in [0.3, 0.4) is 0 Å². The van der Waals surface area contributed by atoms with Crippen molar-refractivity contribution in [2.75, 3.05) is 0 Å². The van der Waals surface area contributed by atoms with Crippen molar-refractivity contribution in [2.24, 2.45) is 0 Å². The molecular formula is C16H18Cl2N2. The van der Waals surface area contributed by atoms with Gasteiger partial charge in [-0.2, -0.15) is 5.10 Å². The van der Waals surface area contributed by atoms with E-state index in [9.17, 15) is 0 Å². The Kier molecular flexibility index (Phi) is 4.32. The van der Waals surface area contributed by atoms with E-state index in [0.29, 0.717) is 17.1 Å². The quantitative estimate of drug-likeness (QED) is 0.690. The first kappa shape index (κ1) is 14.0. The van der Waals surface area contributed by atoms with Gasteiger partial charge in [-0.3, -0.25) is 4.68 Å². The van der Waals surface area contributed by atoms with Gasteiger partial charge < -0.3 is 0 Å². The zero-order valence-electron chi connectivity index (χ0n) is 11.4. The van der Waals surface area contributed by atoms with Gasteiger partial charge in [0.2, 0.25) is 0 Å². The van der Waals surface area contributed by atoms with Crippen molar-refractivity contribution in [1.82, 2.24) is 9.78 Å². The second-order valence-corrected chi connectivity index (χ2v) is 5.98. The molecule has 106 valence electrons. The SMILES string of the molecule is ClCc1c(-c2ccccc2)nn(C2CCCCC2)c1Cl. The number of alkyl halides is 1. The topological polar surface area (TPSA) is 17.8 Å². The van der Waals surface area contributed by atoms with Crippen molar-refractivity contribution >= 4 is 23.2 Å². The fourth-order valence-corrected chi connectivity index (χ4v) is 3.62. The molecule has 1 aromatic carbocycles. The molecule has 20 heavy (non-hydrogen) atoms. The van der Waals surface area contributed by atoms with Crippen LogP contribution in [0.25, 0.3) is 11.3 Å². The van der Waals surface area contributed by atoms with Gasteiger partial charge in [-0.15, -0.1) is 11.6 Å². The van der Waals surface area contributed by atoms with E-state index in [1.54, 1.807) is 0 Å². The maximum atomic E-state index is 6.53. The molecule has 0 N–H and O–H groups in total. The summed E-state index contributed by atoms with van der Waals surface area (Å²) in [4.78, 5) is 0. The molecule has 0 saturated heterocycles. The van der Waals surface area contributed by atoms with Crippen LogP contribution in [0.2, 0.25) is 5.15 Å².